The van der Waals surface area contributed by atoms with Crippen LogP contribution in [0.5, 0.6) is 0 Å². The van der Waals surface area contributed by atoms with Crippen LogP contribution in [0.4, 0.5) is 0 Å². The van der Waals surface area contributed by atoms with Crippen LogP contribution in [-0.4, -0.2) is 26.6 Å². The first-order chi connectivity index (χ1) is 9.08. The van der Waals surface area contributed by atoms with Gasteiger partial charge in [-0.05, 0) is 12.1 Å². The van der Waals surface area contributed by atoms with E-state index in [1.807, 2.05) is 0 Å². The Morgan fingerprint density at radius 1 is 1.26 bits per heavy atom. The number of nitrogens with zero attached hydrogens (tertiary/aromatic N) is 2. The number of hydrogen-bond acceptors (Lipinski definition) is 4. The van der Waals surface area contributed by atoms with E-state index in [9.17, 15) is 14.4 Å². The number of aliphatic carboxylic acids is 1. The molecule has 0 bridgehead atoms. The van der Waals surface area contributed by atoms with Gasteiger partial charge in [-0.25, -0.2) is 9.66 Å². The minimum absolute atomic E-state index is 0.200. The van der Waals surface area contributed by atoms with Crippen molar-refractivity contribution in [1.29, 1.82) is 0 Å². The number of aromatic nitrogens is 2. The molecule has 19 heavy (non-hydrogen) atoms. The summed E-state index contributed by atoms with van der Waals surface area (Å²) in [5.41, 5.74) is 2.42. The molecule has 0 aliphatic rings. The molecule has 1 aromatic carbocycles. The number of carbonyl (C=O) groups is 2. The Morgan fingerprint density at radius 3 is 2.74 bits per heavy atom. The third-order valence-electron chi connectivity index (χ3n) is 2.48. The van der Waals surface area contributed by atoms with Gasteiger partial charge in [0.15, 0.2) is 0 Å². The topological polar surface area (TPSA) is 101 Å². The van der Waals surface area contributed by atoms with Crippen molar-refractivity contribution in [3.8, 4) is 0 Å². The number of fused-ring (bicyclic) bond motifs is 1. The van der Waals surface area contributed by atoms with Crippen molar-refractivity contribution in [2.24, 2.45) is 0 Å². The monoisotopic (exact) mass is 261 g/mol. The van der Waals surface area contributed by atoms with Gasteiger partial charge in [0.2, 0.25) is 5.91 Å². The van der Waals surface area contributed by atoms with E-state index < -0.39 is 17.4 Å². The molecule has 2 rings (SSSR count). The highest BCUT2D eigenvalue weighted by molar-refractivity contribution is 5.86. The van der Waals surface area contributed by atoms with Crippen molar-refractivity contribution in [1.82, 2.24) is 9.66 Å². The van der Waals surface area contributed by atoms with E-state index in [1.54, 1.807) is 24.3 Å². The molecule has 0 radical (unpaired) electrons. The van der Waals surface area contributed by atoms with Crippen LogP contribution < -0.4 is 11.0 Å². The lowest BCUT2D eigenvalue weighted by Gasteiger charge is -2.07. The van der Waals surface area contributed by atoms with Crippen LogP contribution in [0.3, 0.4) is 0 Å². The Labute approximate surface area is 107 Å². The van der Waals surface area contributed by atoms with Crippen molar-refractivity contribution in [2.45, 2.75) is 12.8 Å². The number of para-hydroxylation sites is 1. The summed E-state index contributed by atoms with van der Waals surface area (Å²) in [7, 11) is 0. The highest BCUT2D eigenvalue weighted by Crippen LogP contribution is 2.03. The van der Waals surface area contributed by atoms with Gasteiger partial charge in [0, 0.05) is 6.42 Å². The molecular formula is C12H11N3O4. The molecule has 2 aromatic rings. The maximum Gasteiger partial charge on any atom is 0.303 e. The standard InChI is InChI=1S/C12H11N3O4/c16-10(5-6-11(17)18)14-15-7-13-9-4-2-1-3-8(9)12(15)19/h1-4,7H,5-6H2,(H,14,16)(H,17,18). The van der Waals surface area contributed by atoms with Gasteiger partial charge in [-0.15, -0.1) is 0 Å². The van der Waals surface area contributed by atoms with Gasteiger partial charge < -0.3 is 5.11 Å². The number of benzene rings is 1. The summed E-state index contributed by atoms with van der Waals surface area (Å²) in [6.45, 7) is 0. The van der Waals surface area contributed by atoms with E-state index >= 15 is 0 Å². The number of amides is 1. The molecule has 0 saturated carbocycles. The molecule has 2 N–H and O–H groups in total. The van der Waals surface area contributed by atoms with Crippen LogP contribution in [0.2, 0.25) is 0 Å². The fourth-order valence-corrected chi connectivity index (χ4v) is 1.56. The van der Waals surface area contributed by atoms with E-state index in [0.29, 0.717) is 10.9 Å². The van der Waals surface area contributed by atoms with Crippen molar-refractivity contribution in [3.63, 3.8) is 0 Å². The van der Waals surface area contributed by atoms with E-state index in [2.05, 4.69) is 10.4 Å². The van der Waals surface area contributed by atoms with Gasteiger partial charge in [0.05, 0.1) is 17.3 Å². The maximum absolute atomic E-state index is 12.0. The molecule has 7 heteroatoms. The fraction of sp³-hybridized carbons (Fsp3) is 0.167. The molecule has 98 valence electrons. The summed E-state index contributed by atoms with van der Waals surface area (Å²) in [6.07, 6.45) is 0.708. The SMILES string of the molecule is O=C(O)CCC(=O)Nn1cnc2ccccc2c1=O. The minimum atomic E-state index is -1.07. The fourth-order valence-electron chi connectivity index (χ4n) is 1.56. The highest BCUT2D eigenvalue weighted by atomic mass is 16.4. The summed E-state index contributed by atoms with van der Waals surface area (Å²) >= 11 is 0. The molecule has 0 fully saturated rings. The molecule has 1 amide bonds. The first-order valence-electron chi connectivity index (χ1n) is 5.56. The molecule has 1 heterocycles. The summed E-state index contributed by atoms with van der Waals surface area (Å²) < 4.78 is 0.951. The summed E-state index contributed by atoms with van der Waals surface area (Å²) in [4.78, 5) is 37.8. The van der Waals surface area contributed by atoms with Gasteiger partial charge in [0.1, 0.15) is 6.33 Å². The number of rotatable bonds is 4. The number of carboxylic acids is 1. The van der Waals surface area contributed by atoms with Crippen LogP contribution in [0.1, 0.15) is 12.8 Å². The Morgan fingerprint density at radius 2 is 2.00 bits per heavy atom. The van der Waals surface area contributed by atoms with Gasteiger partial charge in [-0.2, -0.15) is 0 Å². The van der Waals surface area contributed by atoms with E-state index in [1.165, 1.54) is 6.33 Å². The second kappa shape index (κ2) is 5.30. The van der Waals surface area contributed by atoms with Gasteiger partial charge in [-0.3, -0.25) is 19.8 Å². The second-order valence-electron chi connectivity index (χ2n) is 3.87. The molecule has 1 aromatic heterocycles. The molecular weight excluding hydrogens is 250 g/mol. The van der Waals surface area contributed by atoms with Crippen LogP contribution in [0, 0.1) is 0 Å². The predicted octanol–water partition coefficient (Wildman–Crippen LogP) is 0.331. The second-order valence-corrected chi connectivity index (χ2v) is 3.87. The average Bonchev–Trinajstić information content (AvgIpc) is 2.40. The molecule has 0 aliphatic carbocycles. The number of carboxylic acid groups (broad SMARTS) is 1. The summed E-state index contributed by atoms with van der Waals surface area (Å²) in [5.74, 6) is -1.62. The van der Waals surface area contributed by atoms with E-state index in [0.717, 1.165) is 4.68 Å². The first kappa shape index (κ1) is 12.7. The molecule has 0 unspecified atom stereocenters. The van der Waals surface area contributed by atoms with Gasteiger partial charge in [-0.1, -0.05) is 12.1 Å². The van der Waals surface area contributed by atoms with Gasteiger partial charge >= 0.3 is 5.97 Å². The van der Waals surface area contributed by atoms with Crippen LogP contribution in [-0.2, 0) is 9.59 Å². The smallest absolute Gasteiger partial charge is 0.303 e. The summed E-state index contributed by atoms with van der Waals surface area (Å²) in [6, 6.07) is 6.74. The number of hydrogen-bond donors (Lipinski definition) is 2. The van der Waals surface area contributed by atoms with E-state index in [4.69, 9.17) is 5.11 Å². The minimum Gasteiger partial charge on any atom is -0.481 e. The Hall–Kier alpha value is -2.70. The molecule has 0 aliphatic heterocycles. The zero-order valence-electron chi connectivity index (χ0n) is 9.87. The third kappa shape index (κ3) is 2.95. The Balaban J connectivity index is 2.22. The number of carbonyl (C=O) groups excluding carboxylic acids is 1. The van der Waals surface area contributed by atoms with E-state index in [-0.39, 0.29) is 12.8 Å². The molecule has 0 atom stereocenters. The summed E-state index contributed by atoms with van der Waals surface area (Å²) in [5, 5.41) is 8.84. The highest BCUT2D eigenvalue weighted by Gasteiger charge is 2.08. The van der Waals surface area contributed by atoms with Crippen LogP contribution >= 0.6 is 0 Å². The Kier molecular flexibility index (Phi) is 3.56. The zero-order chi connectivity index (χ0) is 13.8. The molecule has 0 spiro atoms. The van der Waals surface area contributed by atoms with Crippen LogP contribution in [0.25, 0.3) is 10.9 Å². The Bertz CT molecular complexity index is 693. The van der Waals surface area contributed by atoms with Crippen molar-refractivity contribution < 1.29 is 14.7 Å². The van der Waals surface area contributed by atoms with Crippen molar-refractivity contribution in [3.05, 3.63) is 40.9 Å². The average molecular weight is 261 g/mol. The maximum atomic E-state index is 12.0. The third-order valence-corrected chi connectivity index (χ3v) is 2.48. The van der Waals surface area contributed by atoms with Crippen molar-refractivity contribution >= 4 is 22.8 Å². The lowest BCUT2D eigenvalue weighted by atomic mass is 10.2. The zero-order valence-corrected chi connectivity index (χ0v) is 9.87. The van der Waals surface area contributed by atoms with Crippen molar-refractivity contribution in [2.75, 3.05) is 5.43 Å². The first-order valence-corrected chi connectivity index (χ1v) is 5.56. The normalized spacial score (nSPS) is 10.3. The molecule has 7 nitrogen and oxygen atoms in total. The lowest BCUT2D eigenvalue weighted by molar-refractivity contribution is -0.138. The largest absolute Gasteiger partial charge is 0.481 e. The molecule has 0 saturated heterocycles. The lowest BCUT2D eigenvalue weighted by Crippen LogP contribution is -2.33. The van der Waals surface area contributed by atoms with Gasteiger partial charge in [0.25, 0.3) is 5.56 Å². The number of nitrogens with one attached hydrogen (secondary N) is 1. The quantitative estimate of drug-likeness (QED) is 0.825. The van der Waals surface area contributed by atoms with Crippen LogP contribution in [0.15, 0.2) is 35.4 Å². The predicted molar refractivity (Wildman–Crippen MR) is 67.2 cm³/mol.